The molecule has 3 rings (SSSR count). The van der Waals surface area contributed by atoms with E-state index in [0.717, 1.165) is 19.6 Å². The van der Waals surface area contributed by atoms with Crippen LogP contribution in [0.3, 0.4) is 0 Å². The first-order chi connectivity index (χ1) is 8.99. The number of pyridine rings is 1. The van der Waals surface area contributed by atoms with Crippen molar-refractivity contribution < 1.29 is 8.42 Å². The molecular formula is C13H19N3O2S. The van der Waals surface area contributed by atoms with Gasteiger partial charge in [0.25, 0.3) is 0 Å². The standard InChI is InChI=1S/C13H19N3O2S/c1-10(2)15-6-7-16-11(8-15)9-19(17,18)12-4-3-5-14-13(12)16/h3-5,10-11H,6-9H2,1-2H3/t11-/m1/s1. The maximum absolute atomic E-state index is 12.3. The van der Waals surface area contributed by atoms with E-state index in [1.807, 2.05) is 0 Å². The summed E-state index contributed by atoms with van der Waals surface area (Å²) in [7, 11) is -3.19. The van der Waals surface area contributed by atoms with Crippen LogP contribution in [-0.2, 0) is 9.84 Å². The van der Waals surface area contributed by atoms with Gasteiger partial charge in [-0.3, -0.25) is 4.90 Å². The van der Waals surface area contributed by atoms with Gasteiger partial charge < -0.3 is 4.90 Å². The maximum atomic E-state index is 12.3. The topological polar surface area (TPSA) is 53.5 Å². The van der Waals surface area contributed by atoms with E-state index in [-0.39, 0.29) is 11.8 Å². The normalized spacial score (nSPS) is 26.1. The van der Waals surface area contributed by atoms with E-state index >= 15 is 0 Å². The number of hydrogen-bond acceptors (Lipinski definition) is 5. The van der Waals surface area contributed by atoms with Crippen LogP contribution in [0.25, 0.3) is 0 Å². The summed E-state index contributed by atoms with van der Waals surface area (Å²) >= 11 is 0. The van der Waals surface area contributed by atoms with Gasteiger partial charge in [-0.15, -0.1) is 0 Å². The van der Waals surface area contributed by atoms with Crippen molar-refractivity contribution in [3.63, 3.8) is 0 Å². The molecule has 1 aromatic heterocycles. The van der Waals surface area contributed by atoms with Crippen molar-refractivity contribution in [1.82, 2.24) is 9.88 Å². The molecule has 1 fully saturated rings. The van der Waals surface area contributed by atoms with Crippen molar-refractivity contribution in [3.05, 3.63) is 18.3 Å². The zero-order valence-corrected chi connectivity index (χ0v) is 12.1. The third kappa shape index (κ3) is 2.12. The average Bonchev–Trinajstić information content (AvgIpc) is 2.37. The van der Waals surface area contributed by atoms with Gasteiger partial charge in [0.2, 0.25) is 0 Å². The van der Waals surface area contributed by atoms with Crippen molar-refractivity contribution in [2.24, 2.45) is 0 Å². The molecule has 0 spiro atoms. The second kappa shape index (κ2) is 4.45. The molecule has 6 heteroatoms. The lowest BCUT2D eigenvalue weighted by molar-refractivity contribution is 0.184. The predicted molar refractivity (Wildman–Crippen MR) is 74.1 cm³/mol. The predicted octanol–water partition coefficient (Wildman–Crippen LogP) is 0.768. The summed E-state index contributed by atoms with van der Waals surface area (Å²) in [5.41, 5.74) is 0. The monoisotopic (exact) mass is 281 g/mol. The molecule has 0 N–H and O–H groups in total. The van der Waals surface area contributed by atoms with Crippen molar-refractivity contribution >= 4 is 15.7 Å². The van der Waals surface area contributed by atoms with E-state index < -0.39 is 9.84 Å². The Hall–Kier alpha value is -1.14. The van der Waals surface area contributed by atoms with Gasteiger partial charge in [-0.25, -0.2) is 13.4 Å². The Morgan fingerprint density at radius 3 is 2.89 bits per heavy atom. The van der Waals surface area contributed by atoms with Gasteiger partial charge >= 0.3 is 0 Å². The summed E-state index contributed by atoms with van der Waals surface area (Å²) in [5, 5.41) is 0. The molecule has 2 aliphatic heterocycles. The molecule has 0 amide bonds. The summed E-state index contributed by atoms with van der Waals surface area (Å²) < 4.78 is 24.6. The van der Waals surface area contributed by atoms with Crippen LogP contribution in [0.1, 0.15) is 13.8 Å². The Kier molecular flexibility index (Phi) is 3.02. The summed E-state index contributed by atoms with van der Waals surface area (Å²) in [6, 6.07) is 3.85. The van der Waals surface area contributed by atoms with E-state index in [9.17, 15) is 8.42 Å². The van der Waals surface area contributed by atoms with Crippen LogP contribution in [0.5, 0.6) is 0 Å². The Labute approximate surface area is 114 Å². The van der Waals surface area contributed by atoms with Gasteiger partial charge in [-0.1, -0.05) is 0 Å². The van der Waals surface area contributed by atoms with E-state index in [4.69, 9.17) is 0 Å². The zero-order valence-electron chi connectivity index (χ0n) is 11.3. The minimum Gasteiger partial charge on any atom is -0.349 e. The fraction of sp³-hybridized carbons (Fsp3) is 0.615. The lowest BCUT2D eigenvalue weighted by Crippen LogP contribution is -2.59. The summed E-state index contributed by atoms with van der Waals surface area (Å²) in [6.45, 7) is 6.91. The first-order valence-electron chi connectivity index (χ1n) is 6.67. The number of rotatable bonds is 1. The molecule has 0 bridgehead atoms. The van der Waals surface area contributed by atoms with Crippen molar-refractivity contribution in [2.75, 3.05) is 30.3 Å². The molecular weight excluding hydrogens is 262 g/mol. The number of fused-ring (bicyclic) bond motifs is 3. The molecule has 1 saturated heterocycles. The van der Waals surface area contributed by atoms with Crippen LogP contribution in [0, 0.1) is 0 Å². The highest BCUT2D eigenvalue weighted by atomic mass is 32.2. The molecule has 0 saturated carbocycles. The van der Waals surface area contributed by atoms with Gasteiger partial charge in [0, 0.05) is 31.9 Å². The van der Waals surface area contributed by atoms with E-state index in [1.165, 1.54) is 0 Å². The van der Waals surface area contributed by atoms with Crippen LogP contribution in [-0.4, -0.2) is 55.8 Å². The lowest BCUT2D eigenvalue weighted by atomic mass is 10.1. The van der Waals surface area contributed by atoms with Crippen molar-refractivity contribution in [2.45, 2.75) is 30.8 Å². The molecule has 0 unspecified atom stereocenters. The van der Waals surface area contributed by atoms with Gasteiger partial charge in [0.05, 0.1) is 11.8 Å². The molecule has 2 aliphatic rings. The third-order valence-corrected chi connectivity index (χ3v) is 5.83. The van der Waals surface area contributed by atoms with Crippen LogP contribution in [0.15, 0.2) is 23.2 Å². The van der Waals surface area contributed by atoms with Gasteiger partial charge in [0.15, 0.2) is 9.84 Å². The maximum Gasteiger partial charge on any atom is 0.184 e. The van der Waals surface area contributed by atoms with Crippen LogP contribution in [0.2, 0.25) is 0 Å². The SMILES string of the molecule is CC(C)N1CCN2c3ncccc3S(=O)(=O)C[C@H]2C1. The first kappa shape index (κ1) is 12.9. The molecule has 3 heterocycles. The molecule has 104 valence electrons. The van der Waals surface area contributed by atoms with Crippen LogP contribution in [0.4, 0.5) is 5.82 Å². The van der Waals surface area contributed by atoms with E-state index in [0.29, 0.717) is 16.8 Å². The second-order valence-corrected chi connectivity index (χ2v) is 7.55. The Morgan fingerprint density at radius 1 is 1.37 bits per heavy atom. The molecule has 1 aromatic rings. The van der Waals surface area contributed by atoms with E-state index in [2.05, 4.69) is 28.6 Å². The summed E-state index contributed by atoms with van der Waals surface area (Å²) in [5.74, 6) is 0.844. The Bertz CT molecular complexity index is 585. The Balaban J connectivity index is 1.99. The highest BCUT2D eigenvalue weighted by molar-refractivity contribution is 7.91. The third-order valence-electron chi connectivity index (χ3n) is 4.01. The fourth-order valence-corrected chi connectivity index (χ4v) is 4.66. The number of anilines is 1. The largest absolute Gasteiger partial charge is 0.349 e. The number of hydrogen-bond donors (Lipinski definition) is 0. The summed E-state index contributed by atoms with van der Waals surface area (Å²) in [4.78, 5) is 9.19. The van der Waals surface area contributed by atoms with Crippen molar-refractivity contribution in [3.8, 4) is 0 Å². The van der Waals surface area contributed by atoms with Gasteiger partial charge in [-0.05, 0) is 26.0 Å². The van der Waals surface area contributed by atoms with Gasteiger partial charge in [0.1, 0.15) is 10.7 Å². The van der Waals surface area contributed by atoms with E-state index in [1.54, 1.807) is 18.3 Å². The first-order valence-corrected chi connectivity index (χ1v) is 8.33. The van der Waals surface area contributed by atoms with Crippen LogP contribution >= 0.6 is 0 Å². The molecule has 1 atom stereocenters. The molecule has 0 radical (unpaired) electrons. The lowest BCUT2D eigenvalue weighted by Gasteiger charge is -2.46. The second-order valence-electron chi connectivity index (χ2n) is 5.54. The Morgan fingerprint density at radius 2 is 2.16 bits per heavy atom. The average molecular weight is 281 g/mol. The summed E-state index contributed by atoms with van der Waals surface area (Å²) in [6.07, 6.45) is 1.67. The highest BCUT2D eigenvalue weighted by Gasteiger charge is 2.39. The van der Waals surface area contributed by atoms with Crippen molar-refractivity contribution in [1.29, 1.82) is 0 Å². The van der Waals surface area contributed by atoms with Gasteiger partial charge in [-0.2, -0.15) is 0 Å². The molecule has 0 aliphatic carbocycles. The number of nitrogens with zero attached hydrogens (tertiary/aromatic N) is 3. The number of aromatic nitrogens is 1. The fourth-order valence-electron chi connectivity index (χ4n) is 2.95. The number of sulfone groups is 1. The molecule has 0 aromatic carbocycles. The minimum absolute atomic E-state index is 0.0311. The highest BCUT2D eigenvalue weighted by Crippen LogP contribution is 2.33. The zero-order chi connectivity index (χ0) is 13.6. The smallest absolute Gasteiger partial charge is 0.184 e. The minimum atomic E-state index is -3.19. The van der Waals surface area contributed by atoms with Crippen LogP contribution < -0.4 is 4.90 Å². The number of piperazine rings is 1. The molecule has 5 nitrogen and oxygen atoms in total. The quantitative estimate of drug-likeness (QED) is 0.761. The molecule has 19 heavy (non-hydrogen) atoms.